The summed E-state index contributed by atoms with van der Waals surface area (Å²) in [6.45, 7) is 7.49. The summed E-state index contributed by atoms with van der Waals surface area (Å²) < 4.78 is 0. The summed E-state index contributed by atoms with van der Waals surface area (Å²) in [5.41, 5.74) is 0. The minimum Gasteiger partial charge on any atom is -0.481 e. The Balaban J connectivity index is 3.58. The Bertz CT molecular complexity index is 257. The van der Waals surface area contributed by atoms with E-state index in [0.717, 1.165) is 13.0 Å². The zero-order valence-corrected chi connectivity index (χ0v) is 11.7. The predicted molar refractivity (Wildman–Crippen MR) is 71.4 cm³/mol. The third-order valence-electron chi connectivity index (χ3n) is 2.85. The standard InChI is InChI=1S/C13H26N2O3/c1-4-14-11(3)9-12(16)15-8-7-10(2)5-6-13(17)18/h10-11,14H,4-9H2,1-3H3,(H,15,16)(H,17,18). The van der Waals surface area contributed by atoms with Gasteiger partial charge in [-0.1, -0.05) is 13.8 Å². The van der Waals surface area contributed by atoms with E-state index in [-0.39, 0.29) is 18.4 Å². The fourth-order valence-corrected chi connectivity index (χ4v) is 1.74. The van der Waals surface area contributed by atoms with E-state index in [1.807, 2.05) is 20.8 Å². The van der Waals surface area contributed by atoms with Crippen LogP contribution in [-0.4, -0.2) is 36.1 Å². The lowest BCUT2D eigenvalue weighted by Gasteiger charge is -2.13. The molecule has 0 aromatic heterocycles. The summed E-state index contributed by atoms with van der Waals surface area (Å²) in [4.78, 5) is 21.9. The zero-order valence-electron chi connectivity index (χ0n) is 11.7. The van der Waals surface area contributed by atoms with E-state index in [2.05, 4.69) is 10.6 Å². The second-order valence-electron chi connectivity index (χ2n) is 4.84. The summed E-state index contributed by atoms with van der Waals surface area (Å²) in [7, 11) is 0. The third-order valence-corrected chi connectivity index (χ3v) is 2.85. The van der Waals surface area contributed by atoms with Crippen LogP contribution in [0.1, 0.15) is 46.5 Å². The Morgan fingerprint density at radius 1 is 1.22 bits per heavy atom. The number of carbonyl (C=O) groups is 2. The molecule has 5 nitrogen and oxygen atoms in total. The minimum atomic E-state index is -0.759. The number of rotatable bonds is 10. The van der Waals surface area contributed by atoms with Gasteiger partial charge in [0.25, 0.3) is 0 Å². The van der Waals surface area contributed by atoms with Gasteiger partial charge in [0.2, 0.25) is 5.91 Å². The SMILES string of the molecule is CCNC(C)CC(=O)NCCC(C)CCC(=O)O. The molecule has 5 heteroatoms. The van der Waals surface area contributed by atoms with Crippen molar-refractivity contribution in [1.82, 2.24) is 10.6 Å². The maximum atomic E-state index is 11.5. The Labute approximate surface area is 109 Å². The van der Waals surface area contributed by atoms with Crippen molar-refractivity contribution in [1.29, 1.82) is 0 Å². The Morgan fingerprint density at radius 3 is 2.44 bits per heavy atom. The number of hydrogen-bond donors (Lipinski definition) is 3. The highest BCUT2D eigenvalue weighted by Gasteiger charge is 2.09. The van der Waals surface area contributed by atoms with E-state index in [4.69, 9.17) is 5.11 Å². The van der Waals surface area contributed by atoms with Gasteiger partial charge in [0, 0.05) is 25.4 Å². The lowest BCUT2D eigenvalue weighted by Crippen LogP contribution is -2.34. The molecule has 3 N–H and O–H groups in total. The van der Waals surface area contributed by atoms with Gasteiger partial charge in [0.1, 0.15) is 0 Å². The monoisotopic (exact) mass is 258 g/mol. The van der Waals surface area contributed by atoms with Gasteiger partial charge in [-0.3, -0.25) is 9.59 Å². The lowest BCUT2D eigenvalue weighted by atomic mass is 10.0. The number of carbonyl (C=O) groups excluding carboxylic acids is 1. The molecule has 0 heterocycles. The molecule has 0 aliphatic rings. The number of carboxylic acids is 1. The number of nitrogens with one attached hydrogen (secondary N) is 2. The fraction of sp³-hybridized carbons (Fsp3) is 0.846. The molecule has 0 saturated carbocycles. The van der Waals surface area contributed by atoms with Crippen molar-refractivity contribution in [2.75, 3.05) is 13.1 Å². The number of carboxylic acid groups (broad SMARTS) is 1. The van der Waals surface area contributed by atoms with Crippen molar-refractivity contribution in [3.63, 3.8) is 0 Å². The predicted octanol–water partition coefficient (Wildman–Crippen LogP) is 1.38. The van der Waals surface area contributed by atoms with E-state index in [0.29, 0.717) is 25.3 Å². The van der Waals surface area contributed by atoms with Crippen LogP contribution in [0.2, 0.25) is 0 Å². The molecule has 18 heavy (non-hydrogen) atoms. The molecule has 2 atom stereocenters. The van der Waals surface area contributed by atoms with Crippen LogP contribution in [0, 0.1) is 5.92 Å². The van der Waals surface area contributed by atoms with Gasteiger partial charge in [0.15, 0.2) is 0 Å². The smallest absolute Gasteiger partial charge is 0.303 e. The summed E-state index contributed by atoms with van der Waals surface area (Å²) in [6.07, 6.45) is 2.18. The summed E-state index contributed by atoms with van der Waals surface area (Å²) >= 11 is 0. The molecule has 0 aliphatic heterocycles. The van der Waals surface area contributed by atoms with Gasteiger partial charge in [-0.2, -0.15) is 0 Å². The first-order chi connectivity index (χ1) is 8.45. The molecular formula is C13H26N2O3. The van der Waals surface area contributed by atoms with Crippen molar-refractivity contribution >= 4 is 11.9 Å². The van der Waals surface area contributed by atoms with Gasteiger partial charge in [-0.15, -0.1) is 0 Å². The van der Waals surface area contributed by atoms with Crippen LogP contribution < -0.4 is 10.6 Å². The third kappa shape index (κ3) is 10.1. The summed E-state index contributed by atoms with van der Waals surface area (Å²) in [5.74, 6) is -0.383. The van der Waals surface area contributed by atoms with Crippen molar-refractivity contribution < 1.29 is 14.7 Å². The van der Waals surface area contributed by atoms with Crippen molar-refractivity contribution in [2.45, 2.75) is 52.5 Å². The maximum absolute atomic E-state index is 11.5. The van der Waals surface area contributed by atoms with Crippen LogP contribution in [-0.2, 0) is 9.59 Å². The number of aliphatic carboxylic acids is 1. The molecular weight excluding hydrogens is 232 g/mol. The highest BCUT2D eigenvalue weighted by atomic mass is 16.4. The maximum Gasteiger partial charge on any atom is 0.303 e. The first-order valence-corrected chi connectivity index (χ1v) is 6.67. The average Bonchev–Trinajstić information content (AvgIpc) is 2.26. The molecule has 0 fully saturated rings. The Kier molecular flexibility index (Phi) is 9.28. The largest absolute Gasteiger partial charge is 0.481 e. The highest BCUT2D eigenvalue weighted by molar-refractivity contribution is 5.76. The number of hydrogen-bond acceptors (Lipinski definition) is 3. The fourth-order valence-electron chi connectivity index (χ4n) is 1.74. The zero-order chi connectivity index (χ0) is 14.0. The second-order valence-corrected chi connectivity index (χ2v) is 4.84. The van der Waals surface area contributed by atoms with E-state index in [1.165, 1.54) is 0 Å². The van der Waals surface area contributed by atoms with Gasteiger partial charge in [0.05, 0.1) is 0 Å². The van der Waals surface area contributed by atoms with Crippen molar-refractivity contribution in [2.24, 2.45) is 5.92 Å². The molecule has 0 bridgehead atoms. The van der Waals surface area contributed by atoms with Crippen LogP contribution in [0.3, 0.4) is 0 Å². The second kappa shape index (κ2) is 9.88. The first kappa shape index (κ1) is 16.9. The quantitative estimate of drug-likeness (QED) is 0.553. The minimum absolute atomic E-state index is 0.0499. The summed E-state index contributed by atoms with van der Waals surface area (Å²) in [5, 5.41) is 14.6. The van der Waals surface area contributed by atoms with Crippen molar-refractivity contribution in [3.05, 3.63) is 0 Å². The van der Waals surface area contributed by atoms with Gasteiger partial charge >= 0.3 is 5.97 Å². The van der Waals surface area contributed by atoms with Crippen LogP contribution in [0.15, 0.2) is 0 Å². The highest BCUT2D eigenvalue weighted by Crippen LogP contribution is 2.09. The molecule has 0 radical (unpaired) electrons. The van der Waals surface area contributed by atoms with Gasteiger partial charge in [-0.25, -0.2) is 0 Å². The average molecular weight is 258 g/mol. The Morgan fingerprint density at radius 2 is 1.89 bits per heavy atom. The van der Waals surface area contributed by atoms with Gasteiger partial charge in [-0.05, 0) is 32.2 Å². The van der Waals surface area contributed by atoms with E-state index in [1.54, 1.807) is 0 Å². The molecule has 1 amide bonds. The van der Waals surface area contributed by atoms with E-state index < -0.39 is 5.97 Å². The molecule has 2 unspecified atom stereocenters. The molecule has 0 aliphatic carbocycles. The van der Waals surface area contributed by atoms with Crippen LogP contribution >= 0.6 is 0 Å². The van der Waals surface area contributed by atoms with Crippen molar-refractivity contribution in [3.8, 4) is 0 Å². The number of amides is 1. The molecule has 0 spiro atoms. The normalized spacial score (nSPS) is 13.9. The van der Waals surface area contributed by atoms with Crippen LogP contribution in [0.25, 0.3) is 0 Å². The first-order valence-electron chi connectivity index (χ1n) is 6.67. The molecule has 106 valence electrons. The topological polar surface area (TPSA) is 78.4 Å². The summed E-state index contributed by atoms with van der Waals surface area (Å²) in [6, 6.07) is 0.194. The Hall–Kier alpha value is -1.10. The van der Waals surface area contributed by atoms with E-state index >= 15 is 0 Å². The molecule has 0 saturated heterocycles. The van der Waals surface area contributed by atoms with Crippen LogP contribution in [0.4, 0.5) is 0 Å². The van der Waals surface area contributed by atoms with E-state index in [9.17, 15) is 9.59 Å². The molecule has 0 rings (SSSR count). The molecule has 0 aromatic rings. The molecule has 0 aromatic carbocycles. The van der Waals surface area contributed by atoms with Gasteiger partial charge < -0.3 is 15.7 Å². The lowest BCUT2D eigenvalue weighted by molar-refractivity contribution is -0.137. The van der Waals surface area contributed by atoms with Crippen LogP contribution in [0.5, 0.6) is 0 Å².